The standard InChI is InChI=1S/C15H18N4O5/c1-10-11(5-3-6-12(10)19(23)24)16-13(20)7-4-8-18-14(21)9-17(2)15(18)22/h3,5-6H,4,7-9H2,1-2H3,(H,16,20). The highest BCUT2D eigenvalue weighted by molar-refractivity contribution is 6.01. The monoisotopic (exact) mass is 334 g/mol. The number of nitrogens with one attached hydrogen (secondary N) is 1. The zero-order valence-electron chi connectivity index (χ0n) is 13.4. The zero-order valence-corrected chi connectivity index (χ0v) is 13.4. The van der Waals surface area contributed by atoms with E-state index in [1.165, 1.54) is 24.1 Å². The van der Waals surface area contributed by atoms with Gasteiger partial charge in [-0.3, -0.25) is 24.6 Å². The minimum absolute atomic E-state index is 0.0535. The number of nitro groups is 1. The van der Waals surface area contributed by atoms with Crippen molar-refractivity contribution < 1.29 is 19.3 Å². The van der Waals surface area contributed by atoms with Crippen LogP contribution < -0.4 is 5.32 Å². The van der Waals surface area contributed by atoms with E-state index in [2.05, 4.69) is 5.32 Å². The molecule has 2 rings (SSSR count). The number of carbonyl (C=O) groups is 3. The summed E-state index contributed by atoms with van der Waals surface area (Å²) in [6, 6.07) is 4.09. The van der Waals surface area contributed by atoms with Crippen molar-refractivity contribution >= 4 is 29.2 Å². The number of rotatable bonds is 6. The molecule has 0 atom stereocenters. The number of carbonyl (C=O) groups excluding carboxylic acids is 3. The maximum Gasteiger partial charge on any atom is 0.326 e. The lowest BCUT2D eigenvalue weighted by atomic mass is 10.1. The molecule has 0 bridgehead atoms. The summed E-state index contributed by atoms with van der Waals surface area (Å²) in [5.74, 6) is -0.608. The molecular weight excluding hydrogens is 316 g/mol. The van der Waals surface area contributed by atoms with Crippen molar-refractivity contribution in [2.75, 3.05) is 25.5 Å². The van der Waals surface area contributed by atoms with Crippen LogP contribution in [-0.2, 0) is 9.59 Å². The van der Waals surface area contributed by atoms with Gasteiger partial charge in [-0.1, -0.05) is 6.07 Å². The first-order chi connectivity index (χ1) is 11.3. The lowest BCUT2D eigenvalue weighted by molar-refractivity contribution is -0.385. The second-order valence-corrected chi connectivity index (χ2v) is 5.54. The molecule has 0 aliphatic carbocycles. The lowest BCUT2D eigenvalue weighted by Gasteiger charge is -2.14. The van der Waals surface area contributed by atoms with Crippen molar-refractivity contribution in [1.29, 1.82) is 0 Å². The molecule has 0 aromatic heterocycles. The average Bonchev–Trinajstić information content (AvgIpc) is 2.75. The molecule has 1 heterocycles. The highest BCUT2D eigenvalue weighted by atomic mass is 16.6. The first-order valence-electron chi connectivity index (χ1n) is 7.40. The van der Waals surface area contributed by atoms with Crippen molar-refractivity contribution in [1.82, 2.24) is 9.80 Å². The molecule has 0 unspecified atom stereocenters. The molecule has 1 N–H and O–H groups in total. The van der Waals surface area contributed by atoms with E-state index in [0.717, 1.165) is 4.90 Å². The van der Waals surface area contributed by atoms with Gasteiger partial charge in [0, 0.05) is 26.1 Å². The van der Waals surface area contributed by atoms with Gasteiger partial charge in [0.2, 0.25) is 11.8 Å². The van der Waals surface area contributed by atoms with Crippen LogP contribution in [-0.4, -0.2) is 52.7 Å². The minimum Gasteiger partial charge on any atom is -0.326 e. The summed E-state index contributed by atoms with van der Waals surface area (Å²) in [6.07, 6.45) is 0.425. The summed E-state index contributed by atoms with van der Waals surface area (Å²) in [5, 5.41) is 13.5. The van der Waals surface area contributed by atoms with Crippen molar-refractivity contribution in [3.05, 3.63) is 33.9 Å². The Morgan fingerprint density at radius 1 is 1.38 bits per heavy atom. The Bertz CT molecular complexity index is 703. The number of hydrogen-bond acceptors (Lipinski definition) is 5. The number of nitro benzene ring substituents is 1. The van der Waals surface area contributed by atoms with Crippen LogP contribution in [0.5, 0.6) is 0 Å². The Morgan fingerprint density at radius 2 is 2.08 bits per heavy atom. The molecule has 0 saturated carbocycles. The third-order valence-electron chi connectivity index (χ3n) is 3.79. The average molecular weight is 334 g/mol. The van der Waals surface area contributed by atoms with Gasteiger partial charge in [0.05, 0.1) is 16.2 Å². The highest BCUT2D eigenvalue weighted by Crippen LogP contribution is 2.25. The maximum atomic E-state index is 12.0. The molecule has 128 valence electrons. The van der Waals surface area contributed by atoms with Crippen LogP contribution in [0.1, 0.15) is 18.4 Å². The summed E-state index contributed by atoms with van der Waals surface area (Å²) in [5.41, 5.74) is 0.689. The van der Waals surface area contributed by atoms with E-state index in [9.17, 15) is 24.5 Å². The van der Waals surface area contributed by atoms with Gasteiger partial charge in [-0.15, -0.1) is 0 Å². The van der Waals surface area contributed by atoms with E-state index < -0.39 is 4.92 Å². The van der Waals surface area contributed by atoms with Gasteiger partial charge >= 0.3 is 6.03 Å². The van der Waals surface area contributed by atoms with Gasteiger partial charge in [-0.05, 0) is 19.4 Å². The maximum absolute atomic E-state index is 12.0. The van der Waals surface area contributed by atoms with Crippen molar-refractivity contribution in [2.24, 2.45) is 0 Å². The number of urea groups is 1. The number of hydrogen-bond donors (Lipinski definition) is 1. The van der Waals surface area contributed by atoms with Crippen molar-refractivity contribution in [3.63, 3.8) is 0 Å². The molecule has 9 nitrogen and oxygen atoms in total. The molecule has 0 spiro atoms. The predicted octanol–water partition coefficient (Wildman–Crippen LogP) is 1.52. The first-order valence-corrected chi connectivity index (χ1v) is 7.40. The number of likely N-dealkylation sites (N-methyl/N-ethyl adjacent to an activating group) is 1. The number of nitrogens with zero attached hydrogens (tertiary/aromatic N) is 3. The molecule has 1 aliphatic heterocycles. The van der Waals surface area contributed by atoms with Crippen molar-refractivity contribution in [3.8, 4) is 0 Å². The van der Waals surface area contributed by atoms with Crippen LogP contribution in [0.15, 0.2) is 18.2 Å². The van der Waals surface area contributed by atoms with Gasteiger partial charge in [0.25, 0.3) is 5.69 Å². The fraction of sp³-hybridized carbons (Fsp3) is 0.400. The fourth-order valence-electron chi connectivity index (χ4n) is 2.46. The number of anilines is 1. The van der Waals surface area contributed by atoms with E-state index in [1.807, 2.05) is 0 Å². The molecule has 24 heavy (non-hydrogen) atoms. The van der Waals surface area contributed by atoms with Gasteiger partial charge in [-0.2, -0.15) is 0 Å². The predicted molar refractivity (Wildman–Crippen MR) is 85.4 cm³/mol. The second kappa shape index (κ2) is 7.07. The summed E-state index contributed by atoms with van der Waals surface area (Å²) in [7, 11) is 1.54. The van der Waals surface area contributed by atoms with E-state index in [0.29, 0.717) is 17.7 Å². The molecule has 1 aliphatic rings. The third-order valence-corrected chi connectivity index (χ3v) is 3.79. The molecular formula is C15H18N4O5. The molecule has 1 aromatic carbocycles. The largest absolute Gasteiger partial charge is 0.326 e. The van der Waals surface area contributed by atoms with E-state index in [4.69, 9.17) is 0 Å². The number of benzene rings is 1. The van der Waals surface area contributed by atoms with Crippen LogP contribution in [0.25, 0.3) is 0 Å². The number of imide groups is 1. The topological polar surface area (TPSA) is 113 Å². The summed E-state index contributed by atoms with van der Waals surface area (Å²) >= 11 is 0. The van der Waals surface area contributed by atoms with Crippen LogP contribution in [0.4, 0.5) is 16.2 Å². The zero-order chi connectivity index (χ0) is 17.9. The Labute approximate surface area is 138 Å². The summed E-state index contributed by atoms with van der Waals surface area (Å²) in [6.45, 7) is 1.78. The normalized spacial score (nSPS) is 14.2. The Morgan fingerprint density at radius 3 is 2.67 bits per heavy atom. The van der Waals surface area contributed by atoms with Gasteiger partial charge < -0.3 is 10.2 Å². The Balaban J connectivity index is 1.88. The molecule has 1 fully saturated rings. The van der Waals surface area contributed by atoms with Crippen LogP contribution in [0, 0.1) is 17.0 Å². The second-order valence-electron chi connectivity index (χ2n) is 5.54. The lowest BCUT2D eigenvalue weighted by Crippen LogP contribution is -2.32. The number of amides is 4. The molecule has 4 amide bonds. The molecule has 9 heteroatoms. The molecule has 1 saturated heterocycles. The van der Waals surface area contributed by atoms with Crippen LogP contribution >= 0.6 is 0 Å². The van der Waals surface area contributed by atoms with E-state index in [-0.39, 0.29) is 43.0 Å². The fourth-order valence-corrected chi connectivity index (χ4v) is 2.46. The van der Waals surface area contributed by atoms with Gasteiger partial charge in [-0.25, -0.2) is 4.79 Å². The SMILES string of the molecule is Cc1c(NC(=O)CCCN2C(=O)CN(C)C2=O)cccc1[N+](=O)[O-]. The molecule has 0 radical (unpaired) electrons. The van der Waals surface area contributed by atoms with E-state index >= 15 is 0 Å². The van der Waals surface area contributed by atoms with Gasteiger partial charge in [0.1, 0.15) is 6.54 Å². The summed E-state index contributed by atoms with van der Waals surface area (Å²) in [4.78, 5) is 48.1. The molecule has 1 aromatic rings. The quantitative estimate of drug-likeness (QED) is 0.481. The summed E-state index contributed by atoms with van der Waals surface area (Å²) < 4.78 is 0. The van der Waals surface area contributed by atoms with Gasteiger partial charge in [0.15, 0.2) is 0 Å². The Kier molecular flexibility index (Phi) is 5.12. The third kappa shape index (κ3) is 3.67. The minimum atomic E-state index is -0.508. The van der Waals surface area contributed by atoms with Crippen molar-refractivity contribution in [2.45, 2.75) is 19.8 Å². The van der Waals surface area contributed by atoms with Crippen LogP contribution in [0.2, 0.25) is 0 Å². The first kappa shape index (κ1) is 17.4. The van der Waals surface area contributed by atoms with Crippen LogP contribution in [0.3, 0.4) is 0 Å². The van der Waals surface area contributed by atoms with E-state index in [1.54, 1.807) is 13.0 Å². The Hall–Kier alpha value is -2.97. The smallest absolute Gasteiger partial charge is 0.326 e. The highest BCUT2D eigenvalue weighted by Gasteiger charge is 2.32.